The Hall–Kier alpha value is -3.76. The van der Waals surface area contributed by atoms with Crippen LogP contribution < -0.4 is 5.56 Å². The van der Waals surface area contributed by atoms with E-state index in [9.17, 15) is 29.8 Å². The van der Waals surface area contributed by atoms with E-state index >= 15 is 0 Å². The Morgan fingerprint density at radius 1 is 1.18 bits per heavy atom. The largest absolute Gasteiger partial charge is 0.500 e. The van der Waals surface area contributed by atoms with E-state index in [2.05, 4.69) is 0 Å². The van der Waals surface area contributed by atoms with E-state index < -0.39 is 32.7 Å². The summed E-state index contributed by atoms with van der Waals surface area (Å²) in [7, 11) is 2.59. The van der Waals surface area contributed by atoms with E-state index in [0.717, 1.165) is 22.8 Å². The predicted octanol–water partition coefficient (Wildman–Crippen LogP) is 2.30. The first-order valence-corrected chi connectivity index (χ1v) is 8.02. The summed E-state index contributed by atoms with van der Waals surface area (Å²) in [5.74, 6) is -0.743. The molecule has 11 nitrogen and oxygen atoms in total. The maximum absolute atomic E-state index is 12.5. The summed E-state index contributed by atoms with van der Waals surface area (Å²) in [5.41, 5.74) is -2.21. The summed E-state index contributed by atoms with van der Waals surface area (Å²) < 4.78 is 11.1. The predicted molar refractivity (Wildman–Crippen MR) is 98.7 cm³/mol. The summed E-state index contributed by atoms with van der Waals surface area (Å²) in [4.78, 5) is 46.1. The summed E-state index contributed by atoms with van der Waals surface area (Å²) in [6.07, 6.45) is 0. The molecule has 0 fully saturated rings. The van der Waals surface area contributed by atoms with E-state index in [-0.39, 0.29) is 34.4 Å². The average molecular weight is 391 g/mol. The van der Waals surface area contributed by atoms with Gasteiger partial charge in [0.15, 0.2) is 0 Å². The van der Waals surface area contributed by atoms with Gasteiger partial charge in [0.25, 0.3) is 16.9 Å². The first-order valence-electron chi connectivity index (χ1n) is 8.02. The molecule has 1 aromatic carbocycles. The number of methoxy groups -OCH3 is 1. The zero-order chi connectivity index (χ0) is 21.2. The Bertz CT molecular complexity index is 1080. The van der Waals surface area contributed by atoms with Crippen molar-refractivity contribution in [3.05, 3.63) is 60.1 Å². The van der Waals surface area contributed by atoms with E-state index in [0.29, 0.717) is 0 Å². The molecule has 0 aliphatic rings. The second-order valence-corrected chi connectivity index (χ2v) is 5.69. The highest BCUT2D eigenvalue weighted by atomic mass is 16.6. The first kappa shape index (κ1) is 20.6. The third kappa shape index (κ3) is 3.54. The third-order valence-corrected chi connectivity index (χ3v) is 4.11. The Morgan fingerprint density at radius 2 is 1.82 bits per heavy atom. The standard InChI is InChI=1S/C17H17N3O8/c1-5-28-17(22)15(9(2)27-4)11-8-14(21)18(3)16-12(11)6-10(19(23)24)7-13(16)20(25)26/h6-8H,5H2,1-4H3/b15-9-. The monoisotopic (exact) mass is 391 g/mol. The highest BCUT2D eigenvalue weighted by Crippen LogP contribution is 2.35. The number of aryl methyl sites for hydroxylation is 1. The van der Waals surface area contributed by atoms with Gasteiger partial charge >= 0.3 is 5.97 Å². The van der Waals surface area contributed by atoms with Crippen molar-refractivity contribution in [3.8, 4) is 0 Å². The van der Waals surface area contributed by atoms with Crippen LogP contribution in [0, 0.1) is 20.2 Å². The molecular formula is C17H17N3O8. The minimum absolute atomic E-state index is 0.0255. The zero-order valence-electron chi connectivity index (χ0n) is 15.5. The Balaban J connectivity index is 3.11. The minimum atomic E-state index is -0.828. The Morgan fingerprint density at radius 3 is 2.32 bits per heavy atom. The van der Waals surface area contributed by atoms with Gasteiger partial charge in [0.1, 0.15) is 16.8 Å². The molecular weight excluding hydrogens is 374 g/mol. The van der Waals surface area contributed by atoms with Crippen LogP contribution in [-0.4, -0.2) is 34.1 Å². The van der Waals surface area contributed by atoms with Gasteiger partial charge in [-0.3, -0.25) is 25.0 Å². The summed E-state index contributed by atoms with van der Waals surface area (Å²) in [6.45, 7) is 3.05. The number of nitro groups is 2. The second kappa shape index (κ2) is 7.86. The molecule has 2 rings (SSSR count). The number of hydrogen-bond acceptors (Lipinski definition) is 8. The molecule has 0 amide bonds. The fourth-order valence-electron chi connectivity index (χ4n) is 2.77. The zero-order valence-corrected chi connectivity index (χ0v) is 15.5. The van der Waals surface area contributed by atoms with Gasteiger partial charge in [-0.1, -0.05) is 0 Å². The molecule has 1 aromatic heterocycles. The maximum atomic E-state index is 12.5. The van der Waals surface area contributed by atoms with Gasteiger partial charge in [-0.15, -0.1) is 0 Å². The topological polar surface area (TPSA) is 144 Å². The number of nitrogens with zero attached hydrogens (tertiary/aromatic N) is 3. The van der Waals surface area contributed by atoms with Gasteiger partial charge in [-0.05, 0) is 13.8 Å². The number of esters is 1. The number of carbonyl (C=O) groups is 1. The van der Waals surface area contributed by atoms with E-state index in [1.54, 1.807) is 6.92 Å². The molecule has 148 valence electrons. The fourth-order valence-corrected chi connectivity index (χ4v) is 2.77. The van der Waals surface area contributed by atoms with Gasteiger partial charge in [0.05, 0.1) is 29.6 Å². The summed E-state index contributed by atoms with van der Waals surface area (Å²) in [6, 6.07) is 2.90. The SMILES string of the molecule is CCOC(=O)/C(=C(/C)OC)c1cc(=O)n(C)c2c([N+](=O)[O-])cc([N+](=O)[O-])cc12. The minimum Gasteiger partial charge on any atom is -0.500 e. The summed E-state index contributed by atoms with van der Waals surface area (Å²) >= 11 is 0. The van der Waals surface area contributed by atoms with Gasteiger partial charge in [0.2, 0.25) is 0 Å². The van der Waals surface area contributed by atoms with E-state index in [4.69, 9.17) is 9.47 Å². The van der Waals surface area contributed by atoms with Gasteiger partial charge in [-0.2, -0.15) is 0 Å². The normalized spacial score (nSPS) is 11.7. The van der Waals surface area contributed by atoms with Crippen LogP contribution >= 0.6 is 0 Å². The van der Waals surface area contributed by atoms with Crippen LogP contribution in [0.2, 0.25) is 0 Å². The van der Waals surface area contributed by atoms with E-state index in [1.165, 1.54) is 21.1 Å². The van der Waals surface area contributed by atoms with Crippen LogP contribution in [0.4, 0.5) is 11.4 Å². The first-order chi connectivity index (χ1) is 13.1. The number of hydrogen-bond donors (Lipinski definition) is 0. The number of nitro benzene ring substituents is 2. The van der Waals surface area contributed by atoms with Crippen LogP contribution in [0.25, 0.3) is 16.5 Å². The lowest BCUT2D eigenvalue weighted by atomic mass is 9.98. The molecule has 0 spiro atoms. The van der Waals surface area contributed by atoms with Crippen molar-refractivity contribution < 1.29 is 24.1 Å². The molecule has 0 bridgehead atoms. The number of fused-ring (bicyclic) bond motifs is 1. The number of non-ortho nitro benzene ring substituents is 2. The molecule has 0 radical (unpaired) electrons. The van der Waals surface area contributed by atoms with Crippen LogP contribution in [0.5, 0.6) is 0 Å². The molecule has 0 unspecified atom stereocenters. The van der Waals surface area contributed by atoms with Crippen molar-refractivity contribution >= 4 is 33.8 Å². The smallest absolute Gasteiger partial charge is 0.342 e. The number of pyridine rings is 1. The Labute approximate surface area is 158 Å². The molecule has 0 saturated carbocycles. The molecule has 0 aliphatic carbocycles. The van der Waals surface area contributed by atoms with Crippen molar-refractivity contribution in [2.24, 2.45) is 7.05 Å². The molecule has 0 atom stereocenters. The lowest BCUT2D eigenvalue weighted by molar-refractivity contribution is -0.393. The van der Waals surface area contributed by atoms with Crippen molar-refractivity contribution in [1.82, 2.24) is 4.57 Å². The number of benzene rings is 1. The van der Waals surface area contributed by atoms with Crippen molar-refractivity contribution in [1.29, 1.82) is 0 Å². The number of ether oxygens (including phenoxy) is 2. The average Bonchev–Trinajstić information content (AvgIpc) is 2.64. The highest BCUT2D eigenvalue weighted by Gasteiger charge is 2.28. The number of aromatic nitrogens is 1. The van der Waals surface area contributed by atoms with Crippen molar-refractivity contribution in [3.63, 3.8) is 0 Å². The van der Waals surface area contributed by atoms with Crippen molar-refractivity contribution in [2.45, 2.75) is 13.8 Å². The third-order valence-electron chi connectivity index (χ3n) is 4.11. The quantitative estimate of drug-likeness (QED) is 0.240. The second-order valence-electron chi connectivity index (χ2n) is 5.69. The summed E-state index contributed by atoms with van der Waals surface area (Å²) in [5, 5.41) is 22.7. The number of allylic oxidation sites excluding steroid dienone is 1. The van der Waals surface area contributed by atoms with Crippen LogP contribution in [0.1, 0.15) is 19.4 Å². The molecule has 28 heavy (non-hydrogen) atoms. The molecule has 1 heterocycles. The highest BCUT2D eigenvalue weighted by molar-refractivity contribution is 6.21. The molecule has 0 N–H and O–H groups in total. The lowest BCUT2D eigenvalue weighted by Crippen LogP contribution is -2.20. The molecule has 11 heteroatoms. The van der Waals surface area contributed by atoms with Crippen LogP contribution in [0.15, 0.2) is 28.8 Å². The molecule has 0 saturated heterocycles. The van der Waals surface area contributed by atoms with Gasteiger partial charge in [-0.25, -0.2) is 4.79 Å². The molecule has 2 aromatic rings. The van der Waals surface area contributed by atoms with Crippen molar-refractivity contribution in [2.75, 3.05) is 13.7 Å². The molecule has 0 aliphatic heterocycles. The van der Waals surface area contributed by atoms with Crippen LogP contribution in [0.3, 0.4) is 0 Å². The van der Waals surface area contributed by atoms with Gasteiger partial charge < -0.3 is 14.0 Å². The number of carbonyl (C=O) groups excluding carboxylic acids is 1. The van der Waals surface area contributed by atoms with Crippen LogP contribution in [-0.2, 0) is 21.3 Å². The van der Waals surface area contributed by atoms with Gasteiger partial charge in [0, 0.05) is 30.1 Å². The maximum Gasteiger partial charge on any atom is 0.342 e. The lowest BCUT2D eigenvalue weighted by Gasteiger charge is -2.14. The Kier molecular flexibility index (Phi) is 5.77. The fraction of sp³-hybridized carbons (Fsp3) is 0.294. The van der Waals surface area contributed by atoms with E-state index in [1.807, 2.05) is 0 Å². The number of rotatable bonds is 6.